The Morgan fingerprint density at radius 1 is 1.16 bits per heavy atom. The van der Waals surface area contributed by atoms with Crippen LogP contribution in [0.5, 0.6) is 0 Å². The number of hydrogen-bond acceptors (Lipinski definition) is 2. The predicted octanol–water partition coefficient (Wildman–Crippen LogP) is 3.02. The topological polar surface area (TPSA) is 52.9 Å². The summed E-state index contributed by atoms with van der Waals surface area (Å²) in [7, 11) is 0. The van der Waals surface area contributed by atoms with E-state index in [-0.39, 0.29) is 5.56 Å². The maximum Gasteiger partial charge on any atom is 0.290 e. The zero-order valence-corrected chi connectivity index (χ0v) is 11.9. The number of hydrogen-bond donors (Lipinski definition) is 1. The summed E-state index contributed by atoms with van der Waals surface area (Å²) in [4.78, 5) is 12.5. The van der Waals surface area contributed by atoms with Crippen molar-refractivity contribution in [2.75, 3.05) is 5.73 Å². The third-order valence-corrected chi connectivity index (χ3v) is 4.57. The van der Waals surface area contributed by atoms with Crippen molar-refractivity contribution in [3.05, 3.63) is 16.0 Å². The molecule has 0 aliphatic heterocycles. The van der Waals surface area contributed by atoms with Gasteiger partial charge in [-0.3, -0.25) is 9.48 Å². The number of nitrogens with zero attached hydrogens (tertiary/aromatic N) is 2. The summed E-state index contributed by atoms with van der Waals surface area (Å²) in [5.74, 6) is 0.545. The van der Waals surface area contributed by atoms with Crippen LogP contribution in [0.3, 0.4) is 0 Å². The van der Waals surface area contributed by atoms with Gasteiger partial charge in [-0.05, 0) is 32.1 Å². The Bertz CT molecular complexity index is 504. The summed E-state index contributed by atoms with van der Waals surface area (Å²) >= 11 is 0. The molecule has 1 heterocycles. The van der Waals surface area contributed by atoms with Crippen LogP contribution in [0, 0.1) is 0 Å². The van der Waals surface area contributed by atoms with Crippen molar-refractivity contribution in [2.24, 2.45) is 0 Å². The first-order chi connectivity index (χ1) is 9.24. The maximum atomic E-state index is 12.5. The quantitative estimate of drug-likeness (QED) is 0.907. The second-order valence-electron chi connectivity index (χ2n) is 6.14. The SMILES string of the molecule is CCCn1c(C2CC2)c(N)c(=O)n1C1CCCCC1. The molecule has 0 radical (unpaired) electrons. The average molecular weight is 263 g/mol. The summed E-state index contributed by atoms with van der Waals surface area (Å²) in [5, 5.41) is 0. The fourth-order valence-corrected chi connectivity index (χ4v) is 3.51. The lowest BCUT2D eigenvalue weighted by Gasteiger charge is -2.26. The zero-order valence-electron chi connectivity index (χ0n) is 11.9. The number of anilines is 1. The van der Waals surface area contributed by atoms with Crippen LogP contribution in [-0.2, 0) is 6.54 Å². The molecule has 0 atom stereocenters. The Morgan fingerprint density at radius 3 is 2.42 bits per heavy atom. The summed E-state index contributed by atoms with van der Waals surface area (Å²) < 4.78 is 4.23. The van der Waals surface area contributed by atoms with E-state index in [1.165, 1.54) is 32.1 Å². The standard InChI is InChI=1S/C15H25N3O/c1-2-10-17-14(11-8-9-11)13(16)15(19)18(17)12-6-4-3-5-7-12/h11-12H,2-10,16H2,1H3. The normalized spacial score (nSPS) is 20.9. The van der Waals surface area contributed by atoms with E-state index >= 15 is 0 Å². The fourth-order valence-electron chi connectivity index (χ4n) is 3.51. The molecule has 3 rings (SSSR count). The molecule has 2 aliphatic carbocycles. The van der Waals surface area contributed by atoms with Gasteiger partial charge in [-0.15, -0.1) is 0 Å². The van der Waals surface area contributed by atoms with Crippen molar-refractivity contribution >= 4 is 5.69 Å². The van der Waals surface area contributed by atoms with Crippen molar-refractivity contribution < 1.29 is 0 Å². The van der Waals surface area contributed by atoms with Gasteiger partial charge in [-0.25, -0.2) is 4.68 Å². The van der Waals surface area contributed by atoms with Gasteiger partial charge in [0.2, 0.25) is 0 Å². The third kappa shape index (κ3) is 2.21. The minimum atomic E-state index is 0.0715. The molecule has 2 fully saturated rings. The predicted molar refractivity (Wildman–Crippen MR) is 77.5 cm³/mol. The number of nitrogen functional groups attached to an aromatic ring is 1. The van der Waals surface area contributed by atoms with E-state index in [1.54, 1.807) is 0 Å². The lowest BCUT2D eigenvalue weighted by molar-refractivity contribution is 0.277. The molecule has 0 saturated heterocycles. The van der Waals surface area contributed by atoms with Crippen LogP contribution in [0.15, 0.2) is 4.79 Å². The Labute approximate surface area is 114 Å². The lowest BCUT2D eigenvalue weighted by atomic mass is 9.96. The Kier molecular flexibility index (Phi) is 3.42. The van der Waals surface area contributed by atoms with Gasteiger partial charge in [0.1, 0.15) is 5.69 Å². The van der Waals surface area contributed by atoms with Gasteiger partial charge in [0.25, 0.3) is 5.56 Å². The highest BCUT2D eigenvalue weighted by Crippen LogP contribution is 2.43. The second-order valence-corrected chi connectivity index (χ2v) is 6.14. The van der Waals surface area contributed by atoms with E-state index in [2.05, 4.69) is 11.6 Å². The molecule has 4 nitrogen and oxygen atoms in total. The fraction of sp³-hybridized carbons (Fsp3) is 0.800. The van der Waals surface area contributed by atoms with E-state index in [9.17, 15) is 4.79 Å². The molecule has 4 heteroatoms. The Balaban J connectivity index is 2.05. The van der Waals surface area contributed by atoms with Gasteiger partial charge in [-0.2, -0.15) is 0 Å². The van der Waals surface area contributed by atoms with E-state index < -0.39 is 0 Å². The number of rotatable bonds is 4. The van der Waals surface area contributed by atoms with Crippen molar-refractivity contribution in [3.8, 4) is 0 Å². The van der Waals surface area contributed by atoms with Crippen LogP contribution in [0.1, 0.15) is 75.9 Å². The van der Waals surface area contributed by atoms with Crippen molar-refractivity contribution in [1.82, 2.24) is 9.36 Å². The highest BCUT2D eigenvalue weighted by Gasteiger charge is 2.33. The van der Waals surface area contributed by atoms with Crippen LogP contribution < -0.4 is 11.3 Å². The summed E-state index contributed by atoms with van der Waals surface area (Å²) in [6.07, 6.45) is 9.52. The molecule has 0 spiro atoms. The smallest absolute Gasteiger partial charge is 0.290 e. The van der Waals surface area contributed by atoms with Crippen LogP contribution in [-0.4, -0.2) is 9.36 Å². The number of nitrogens with two attached hydrogens (primary N) is 1. The molecule has 0 aromatic carbocycles. The summed E-state index contributed by atoms with van der Waals surface area (Å²) in [5.41, 5.74) is 7.87. The molecule has 0 unspecified atom stereocenters. The Morgan fingerprint density at radius 2 is 1.84 bits per heavy atom. The van der Waals surface area contributed by atoms with Gasteiger partial charge in [0.05, 0.1) is 11.7 Å². The monoisotopic (exact) mass is 263 g/mol. The van der Waals surface area contributed by atoms with Gasteiger partial charge >= 0.3 is 0 Å². The second kappa shape index (κ2) is 5.06. The highest BCUT2D eigenvalue weighted by atomic mass is 16.1. The molecule has 1 aromatic rings. The number of aromatic nitrogens is 2. The molecule has 0 bridgehead atoms. The molecule has 19 heavy (non-hydrogen) atoms. The van der Waals surface area contributed by atoms with E-state index in [0.29, 0.717) is 17.6 Å². The third-order valence-electron chi connectivity index (χ3n) is 4.57. The molecule has 2 aliphatic rings. The van der Waals surface area contributed by atoms with Crippen LogP contribution in [0.2, 0.25) is 0 Å². The van der Waals surface area contributed by atoms with E-state index in [4.69, 9.17) is 5.73 Å². The largest absolute Gasteiger partial charge is 0.393 e. The Hall–Kier alpha value is -1.19. The average Bonchev–Trinajstić information content (AvgIpc) is 3.21. The molecule has 0 amide bonds. The van der Waals surface area contributed by atoms with Gasteiger partial charge in [0.15, 0.2) is 0 Å². The first-order valence-corrected chi connectivity index (χ1v) is 7.84. The molecular formula is C15H25N3O. The molecule has 2 saturated carbocycles. The van der Waals surface area contributed by atoms with Crippen molar-refractivity contribution in [1.29, 1.82) is 0 Å². The van der Waals surface area contributed by atoms with Crippen molar-refractivity contribution in [3.63, 3.8) is 0 Å². The lowest BCUT2D eigenvalue weighted by Crippen LogP contribution is -2.30. The molecule has 106 valence electrons. The van der Waals surface area contributed by atoms with Crippen molar-refractivity contribution in [2.45, 2.75) is 76.8 Å². The molecule has 1 aromatic heterocycles. The van der Waals surface area contributed by atoms with Crippen LogP contribution in [0.25, 0.3) is 0 Å². The first-order valence-electron chi connectivity index (χ1n) is 7.84. The minimum absolute atomic E-state index is 0.0715. The van der Waals surface area contributed by atoms with Crippen LogP contribution in [0.4, 0.5) is 5.69 Å². The first kappa shape index (κ1) is 12.8. The van der Waals surface area contributed by atoms with E-state index in [1.807, 2.05) is 4.68 Å². The molecule has 2 N–H and O–H groups in total. The van der Waals surface area contributed by atoms with Gasteiger partial charge in [0, 0.05) is 12.5 Å². The zero-order chi connectivity index (χ0) is 13.4. The minimum Gasteiger partial charge on any atom is -0.393 e. The summed E-state index contributed by atoms with van der Waals surface area (Å²) in [6, 6.07) is 0.377. The molecular weight excluding hydrogens is 238 g/mol. The highest BCUT2D eigenvalue weighted by molar-refractivity contribution is 5.45. The van der Waals surface area contributed by atoms with Gasteiger partial charge in [-0.1, -0.05) is 26.2 Å². The van der Waals surface area contributed by atoms with Crippen LogP contribution >= 0.6 is 0 Å². The summed E-state index contributed by atoms with van der Waals surface area (Å²) in [6.45, 7) is 3.09. The van der Waals surface area contributed by atoms with E-state index in [0.717, 1.165) is 31.5 Å². The van der Waals surface area contributed by atoms with Gasteiger partial charge < -0.3 is 5.73 Å². The maximum absolute atomic E-state index is 12.5.